The van der Waals surface area contributed by atoms with E-state index in [1.165, 1.54) is 9.47 Å². The van der Waals surface area contributed by atoms with Crippen molar-refractivity contribution >= 4 is 16.8 Å². The summed E-state index contributed by atoms with van der Waals surface area (Å²) in [6.07, 6.45) is 3.51. The monoisotopic (exact) mass is 327 g/mol. The second-order valence-electron chi connectivity index (χ2n) is 5.63. The summed E-state index contributed by atoms with van der Waals surface area (Å²) < 4.78 is 2.94. The number of likely N-dealkylation sites (N-methyl/N-ethyl adjacent to an activating group) is 1. The van der Waals surface area contributed by atoms with Crippen molar-refractivity contribution in [1.29, 1.82) is 0 Å². The number of para-hydroxylation sites is 1. The Morgan fingerprint density at radius 3 is 2.75 bits per heavy atom. The van der Waals surface area contributed by atoms with Crippen LogP contribution in [0.4, 0.5) is 0 Å². The molecule has 0 atom stereocenters. The molecular formula is C16H17N5O3. The Hall–Kier alpha value is -3.16. The van der Waals surface area contributed by atoms with Crippen molar-refractivity contribution in [3.8, 4) is 0 Å². The quantitative estimate of drug-likeness (QED) is 0.734. The van der Waals surface area contributed by atoms with Crippen LogP contribution in [0.2, 0.25) is 0 Å². The molecule has 0 spiro atoms. The average Bonchev–Trinajstić information content (AvgIpc) is 2.96. The van der Waals surface area contributed by atoms with E-state index >= 15 is 0 Å². The first-order valence-electron chi connectivity index (χ1n) is 7.39. The molecule has 3 aromatic rings. The number of benzene rings is 1. The van der Waals surface area contributed by atoms with Crippen LogP contribution in [0.1, 0.15) is 5.56 Å². The molecule has 0 radical (unpaired) electrons. The first kappa shape index (κ1) is 15.7. The van der Waals surface area contributed by atoms with Gasteiger partial charge in [-0.25, -0.2) is 4.79 Å². The maximum atomic E-state index is 12.5. The Morgan fingerprint density at radius 2 is 2.04 bits per heavy atom. The molecule has 1 aromatic carbocycles. The van der Waals surface area contributed by atoms with Crippen LogP contribution in [0, 0.1) is 0 Å². The Labute approximate surface area is 136 Å². The number of nitrogens with one attached hydrogen (secondary N) is 1. The second-order valence-corrected chi connectivity index (χ2v) is 5.63. The van der Waals surface area contributed by atoms with Gasteiger partial charge >= 0.3 is 5.69 Å². The standard InChI is InChI=1S/C16H17N5O3/c1-19(8-11-7-17-20(2)9-11)14(22)10-21-13-6-4-3-5-12(13)15(23)18-16(21)24/h3-7,9H,8,10H2,1-2H3,(H,18,23,24). The minimum absolute atomic E-state index is 0.146. The number of hydrogen-bond donors (Lipinski definition) is 1. The molecule has 2 aromatic heterocycles. The summed E-state index contributed by atoms with van der Waals surface area (Å²) >= 11 is 0. The zero-order chi connectivity index (χ0) is 17.3. The Balaban J connectivity index is 1.88. The van der Waals surface area contributed by atoms with Crippen LogP contribution in [0.5, 0.6) is 0 Å². The number of amides is 1. The van der Waals surface area contributed by atoms with Gasteiger partial charge in [-0.2, -0.15) is 5.10 Å². The summed E-state index contributed by atoms with van der Waals surface area (Å²) in [7, 11) is 3.46. The molecule has 0 saturated carbocycles. The molecule has 0 unspecified atom stereocenters. The van der Waals surface area contributed by atoms with E-state index in [1.54, 1.807) is 49.2 Å². The van der Waals surface area contributed by atoms with Gasteiger partial charge in [0.15, 0.2) is 0 Å². The van der Waals surface area contributed by atoms with Crippen LogP contribution in [0.25, 0.3) is 10.9 Å². The van der Waals surface area contributed by atoms with Crippen molar-refractivity contribution in [3.63, 3.8) is 0 Å². The fourth-order valence-corrected chi connectivity index (χ4v) is 2.57. The van der Waals surface area contributed by atoms with Gasteiger partial charge < -0.3 is 4.90 Å². The van der Waals surface area contributed by atoms with Gasteiger partial charge in [0.25, 0.3) is 5.56 Å². The lowest BCUT2D eigenvalue weighted by Gasteiger charge is -2.17. The van der Waals surface area contributed by atoms with Crippen LogP contribution in [0.15, 0.2) is 46.2 Å². The third-order valence-electron chi connectivity index (χ3n) is 3.80. The van der Waals surface area contributed by atoms with Gasteiger partial charge in [-0.05, 0) is 12.1 Å². The molecule has 1 N–H and O–H groups in total. The third kappa shape index (κ3) is 2.98. The smallest absolute Gasteiger partial charge is 0.329 e. The topological polar surface area (TPSA) is 93.0 Å². The van der Waals surface area contributed by atoms with Gasteiger partial charge in [0.1, 0.15) is 6.54 Å². The summed E-state index contributed by atoms with van der Waals surface area (Å²) in [6, 6.07) is 6.71. The molecule has 124 valence electrons. The third-order valence-corrected chi connectivity index (χ3v) is 3.80. The van der Waals surface area contributed by atoms with Crippen LogP contribution in [-0.4, -0.2) is 37.2 Å². The van der Waals surface area contributed by atoms with E-state index < -0.39 is 11.2 Å². The zero-order valence-electron chi connectivity index (χ0n) is 13.4. The molecule has 2 heterocycles. The van der Waals surface area contributed by atoms with Crippen molar-refractivity contribution in [2.24, 2.45) is 7.05 Å². The van der Waals surface area contributed by atoms with E-state index in [-0.39, 0.29) is 12.5 Å². The SMILES string of the molecule is CN(Cc1cnn(C)c1)C(=O)Cn1c(=O)[nH]c(=O)c2ccccc21. The number of rotatable bonds is 4. The van der Waals surface area contributed by atoms with E-state index in [1.807, 2.05) is 6.20 Å². The zero-order valence-corrected chi connectivity index (χ0v) is 13.4. The lowest BCUT2D eigenvalue weighted by Crippen LogP contribution is -2.37. The summed E-state index contributed by atoms with van der Waals surface area (Å²) in [4.78, 5) is 40.2. The number of aromatic nitrogens is 4. The molecule has 0 fully saturated rings. The van der Waals surface area contributed by atoms with Crippen molar-refractivity contribution in [2.75, 3.05) is 7.05 Å². The molecule has 24 heavy (non-hydrogen) atoms. The number of aromatic amines is 1. The fourth-order valence-electron chi connectivity index (χ4n) is 2.57. The van der Waals surface area contributed by atoms with Crippen LogP contribution in [0.3, 0.4) is 0 Å². The van der Waals surface area contributed by atoms with Gasteiger partial charge in [0, 0.05) is 32.4 Å². The Kier molecular flexibility index (Phi) is 4.03. The molecule has 0 bridgehead atoms. The Morgan fingerprint density at radius 1 is 1.29 bits per heavy atom. The van der Waals surface area contributed by atoms with E-state index in [0.717, 1.165) is 5.56 Å². The van der Waals surface area contributed by atoms with Crippen LogP contribution < -0.4 is 11.2 Å². The molecule has 0 saturated heterocycles. The van der Waals surface area contributed by atoms with Gasteiger partial charge in [-0.15, -0.1) is 0 Å². The number of nitrogens with zero attached hydrogens (tertiary/aromatic N) is 4. The van der Waals surface area contributed by atoms with Crippen molar-refractivity contribution < 1.29 is 4.79 Å². The van der Waals surface area contributed by atoms with Crippen molar-refractivity contribution in [3.05, 3.63) is 63.1 Å². The molecule has 1 amide bonds. The number of H-pyrrole nitrogens is 1. The van der Waals surface area contributed by atoms with E-state index in [4.69, 9.17) is 0 Å². The molecule has 0 aliphatic heterocycles. The summed E-state index contributed by atoms with van der Waals surface area (Å²) in [5, 5.41) is 4.44. The van der Waals surface area contributed by atoms with E-state index in [0.29, 0.717) is 17.4 Å². The van der Waals surface area contributed by atoms with Gasteiger partial charge in [-0.3, -0.25) is 23.8 Å². The largest absolute Gasteiger partial charge is 0.340 e. The van der Waals surface area contributed by atoms with Gasteiger partial charge in [0.2, 0.25) is 5.91 Å². The van der Waals surface area contributed by atoms with E-state index in [9.17, 15) is 14.4 Å². The number of carbonyl (C=O) groups excluding carboxylic acids is 1. The summed E-state index contributed by atoms with van der Waals surface area (Å²) in [5.74, 6) is -0.238. The normalized spacial score (nSPS) is 10.9. The molecular weight excluding hydrogens is 310 g/mol. The molecule has 8 heteroatoms. The van der Waals surface area contributed by atoms with Crippen LogP contribution in [-0.2, 0) is 24.9 Å². The first-order chi connectivity index (χ1) is 11.5. The minimum atomic E-state index is -0.596. The predicted molar refractivity (Wildman–Crippen MR) is 88.5 cm³/mol. The number of carbonyl (C=O) groups is 1. The number of aryl methyl sites for hydroxylation is 1. The summed E-state index contributed by atoms with van der Waals surface area (Å²) in [5.41, 5.74) is 0.284. The van der Waals surface area contributed by atoms with Crippen molar-refractivity contribution in [2.45, 2.75) is 13.1 Å². The molecule has 0 aliphatic carbocycles. The highest BCUT2D eigenvalue weighted by Gasteiger charge is 2.14. The highest BCUT2D eigenvalue weighted by atomic mass is 16.2. The first-order valence-corrected chi connectivity index (χ1v) is 7.39. The van der Waals surface area contributed by atoms with Crippen molar-refractivity contribution in [1.82, 2.24) is 24.2 Å². The minimum Gasteiger partial charge on any atom is -0.340 e. The maximum absolute atomic E-state index is 12.5. The number of fused-ring (bicyclic) bond motifs is 1. The lowest BCUT2D eigenvalue weighted by atomic mass is 10.2. The molecule has 8 nitrogen and oxygen atoms in total. The average molecular weight is 327 g/mol. The highest BCUT2D eigenvalue weighted by molar-refractivity contribution is 5.81. The maximum Gasteiger partial charge on any atom is 0.329 e. The van der Waals surface area contributed by atoms with Crippen LogP contribution >= 0.6 is 0 Å². The molecule has 0 aliphatic rings. The highest BCUT2D eigenvalue weighted by Crippen LogP contribution is 2.08. The summed E-state index contributed by atoms with van der Waals surface area (Å²) in [6.45, 7) is 0.246. The lowest BCUT2D eigenvalue weighted by molar-refractivity contribution is -0.131. The van der Waals surface area contributed by atoms with E-state index in [2.05, 4.69) is 10.1 Å². The Bertz CT molecular complexity index is 1010. The second kappa shape index (κ2) is 6.15. The van der Waals surface area contributed by atoms with Gasteiger partial charge in [-0.1, -0.05) is 12.1 Å². The fraction of sp³-hybridized carbons (Fsp3) is 0.250. The predicted octanol–water partition coefficient (Wildman–Crippen LogP) is 0.0819. The van der Waals surface area contributed by atoms with Gasteiger partial charge in [0.05, 0.1) is 17.1 Å². The number of hydrogen-bond acceptors (Lipinski definition) is 4. The molecule has 3 rings (SSSR count).